The molecule has 0 amide bonds. The van der Waals surface area contributed by atoms with Crippen LogP contribution in [0.2, 0.25) is 5.02 Å². The molecule has 0 aliphatic rings. The molecule has 31 heavy (non-hydrogen) atoms. The van der Waals surface area contributed by atoms with Gasteiger partial charge in [0.25, 0.3) is 5.56 Å². The fourth-order valence-electron chi connectivity index (χ4n) is 3.88. The Hall–Kier alpha value is -3.22. The number of para-hydroxylation sites is 1. The summed E-state index contributed by atoms with van der Waals surface area (Å²) in [5.74, 6) is 0.546. The molecule has 0 radical (unpaired) electrons. The number of aromatic amines is 1. The van der Waals surface area contributed by atoms with E-state index in [1.807, 2.05) is 78.9 Å². The molecule has 2 heterocycles. The molecular formula is C24H23ClN4O2. The third-order valence-corrected chi connectivity index (χ3v) is 5.56. The number of nitrogens with one attached hydrogen (secondary N) is 1. The molecular weight excluding hydrogens is 412 g/mol. The first-order chi connectivity index (χ1) is 14.8. The van der Waals surface area contributed by atoms with Crippen LogP contribution in [-0.2, 0) is 6.54 Å². The summed E-state index contributed by atoms with van der Waals surface area (Å²) in [4.78, 5) is 34.5. The van der Waals surface area contributed by atoms with Crippen LogP contribution in [0.25, 0.3) is 16.6 Å². The Morgan fingerprint density at radius 1 is 1.13 bits per heavy atom. The highest BCUT2D eigenvalue weighted by Gasteiger charge is 2.18. The van der Waals surface area contributed by atoms with Gasteiger partial charge in [0.05, 0.1) is 24.0 Å². The molecule has 2 aromatic heterocycles. The van der Waals surface area contributed by atoms with E-state index in [-0.39, 0.29) is 17.9 Å². The third kappa shape index (κ3) is 4.31. The zero-order valence-corrected chi connectivity index (χ0v) is 18.4. The highest BCUT2D eigenvalue weighted by molar-refractivity contribution is 6.30. The smallest absolute Gasteiger partial charge is 0.258 e. The molecule has 4 aromatic rings. The van der Waals surface area contributed by atoms with E-state index in [1.54, 1.807) is 6.07 Å². The van der Waals surface area contributed by atoms with Crippen LogP contribution in [0, 0.1) is 13.8 Å². The van der Waals surface area contributed by atoms with Gasteiger partial charge < -0.3 is 9.55 Å². The molecule has 0 bridgehead atoms. The predicted octanol–water partition coefficient (Wildman–Crippen LogP) is 4.30. The van der Waals surface area contributed by atoms with Gasteiger partial charge in [0, 0.05) is 27.7 Å². The number of benzene rings is 2. The molecule has 1 N–H and O–H groups in total. The fraction of sp³-hybridized carbons (Fsp3) is 0.208. The molecule has 0 atom stereocenters. The number of carbonyl (C=O) groups excluding carboxylic acids is 1. The second-order valence-corrected chi connectivity index (χ2v) is 8.16. The van der Waals surface area contributed by atoms with Crippen molar-refractivity contribution in [2.75, 3.05) is 13.6 Å². The third-order valence-electron chi connectivity index (χ3n) is 5.31. The SMILES string of the molecule is Cc1cc(C(=O)CN(C)Cc2nc3ccccc3c(=O)[nH]2)c(C)n1-c1ccc(Cl)cc1. The fourth-order valence-corrected chi connectivity index (χ4v) is 4.01. The van der Waals surface area contributed by atoms with Crippen LogP contribution < -0.4 is 5.56 Å². The Balaban J connectivity index is 1.53. The first-order valence-corrected chi connectivity index (χ1v) is 10.4. The Morgan fingerprint density at radius 2 is 1.84 bits per heavy atom. The second kappa shape index (κ2) is 8.49. The number of halogens is 1. The van der Waals surface area contributed by atoms with Gasteiger partial charge in [-0.15, -0.1) is 0 Å². The highest BCUT2D eigenvalue weighted by Crippen LogP contribution is 2.23. The van der Waals surface area contributed by atoms with E-state index in [1.165, 1.54) is 0 Å². The van der Waals surface area contributed by atoms with Crippen molar-refractivity contribution in [3.8, 4) is 5.69 Å². The number of hydrogen-bond acceptors (Lipinski definition) is 4. The van der Waals surface area contributed by atoms with Crippen molar-refractivity contribution in [3.63, 3.8) is 0 Å². The van der Waals surface area contributed by atoms with Crippen molar-refractivity contribution in [2.45, 2.75) is 20.4 Å². The van der Waals surface area contributed by atoms with Crippen LogP contribution in [0.4, 0.5) is 0 Å². The lowest BCUT2D eigenvalue weighted by Gasteiger charge is -2.15. The number of aromatic nitrogens is 3. The normalized spacial score (nSPS) is 11.4. The summed E-state index contributed by atoms with van der Waals surface area (Å²) in [7, 11) is 1.84. The van der Waals surface area contributed by atoms with Crippen LogP contribution in [-0.4, -0.2) is 38.8 Å². The van der Waals surface area contributed by atoms with Gasteiger partial charge in [0.15, 0.2) is 5.78 Å². The lowest BCUT2D eigenvalue weighted by Crippen LogP contribution is -2.28. The summed E-state index contributed by atoms with van der Waals surface area (Å²) in [5.41, 5.74) is 3.98. The van der Waals surface area contributed by atoms with Crippen molar-refractivity contribution < 1.29 is 4.79 Å². The van der Waals surface area contributed by atoms with Gasteiger partial charge in [0.1, 0.15) is 5.82 Å². The standard InChI is InChI=1S/C24H23ClN4O2/c1-15-12-20(16(2)29(15)18-10-8-17(25)9-11-18)22(30)13-28(3)14-23-26-21-7-5-4-6-19(21)24(31)27-23/h4-12H,13-14H2,1-3H3,(H,26,27,31). The molecule has 6 nitrogen and oxygen atoms in total. The number of H-pyrrole nitrogens is 1. The van der Waals surface area contributed by atoms with Crippen LogP contribution in [0.5, 0.6) is 0 Å². The van der Waals surface area contributed by atoms with Gasteiger partial charge in [-0.2, -0.15) is 0 Å². The van der Waals surface area contributed by atoms with E-state index in [0.717, 1.165) is 17.1 Å². The van der Waals surface area contributed by atoms with Gasteiger partial charge in [-0.1, -0.05) is 23.7 Å². The van der Waals surface area contributed by atoms with Crippen molar-refractivity contribution >= 4 is 28.3 Å². The number of likely N-dealkylation sites (N-methyl/N-ethyl adjacent to an activating group) is 1. The number of fused-ring (bicyclic) bond motifs is 1. The lowest BCUT2D eigenvalue weighted by atomic mass is 10.1. The number of nitrogens with zero attached hydrogens (tertiary/aromatic N) is 3. The first kappa shape index (κ1) is 21.0. The number of carbonyl (C=O) groups is 1. The van der Waals surface area contributed by atoms with Gasteiger partial charge in [-0.25, -0.2) is 4.98 Å². The summed E-state index contributed by atoms with van der Waals surface area (Å²) in [5, 5.41) is 1.23. The maximum absolute atomic E-state index is 13.0. The van der Waals surface area contributed by atoms with Crippen LogP contribution in [0.3, 0.4) is 0 Å². The number of hydrogen-bond donors (Lipinski definition) is 1. The minimum Gasteiger partial charge on any atom is -0.318 e. The minimum atomic E-state index is -0.174. The molecule has 0 fully saturated rings. The highest BCUT2D eigenvalue weighted by atomic mass is 35.5. The van der Waals surface area contributed by atoms with Crippen LogP contribution in [0.1, 0.15) is 27.6 Å². The Bertz CT molecular complexity index is 1320. The molecule has 4 rings (SSSR count). The quantitative estimate of drug-likeness (QED) is 0.459. The largest absolute Gasteiger partial charge is 0.318 e. The predicted molar refractivity (Wildman–Crippen MR) is 123 cm³/mol. The van der Waals surface area contributed by atoms with Gasteiger partial charge >= 0.3 is 0 Å². The minimum absolute atomic E-state index is 0.0129. The van der Waals surface area contributed by atoms with E-state index in [0.29, 0.717) is 33.9 Å². The maximum atomic E-state index is 13.0. The molecule has 7 heteroatoms. The van der Waals surface area contributed by atoms with Gasteiger partial charge in [0.2, 0.25) is 0 Å². The Morgan fingerprint density at radius 3 is 2.58 bits per heavy atom. The molecule has 0 saturated carbocycles. The van der Waals surface area contributed by atoms with E-state index >= 15 is 0 Å². The van der Waals surface area contributed by atoms with E-state index < -0.39 is 0 Å². The van der Waals surface area contributed by atoms with E-state index in [2.05, 4.69) is 9.97 Å². The van der Waals surface area contributed by atoms with Crippen LogP contribution >= 0.6 is 11.6 Å². The number of rotatable bonds is 6. The monoisotopic (exact) mass is 434 g/mol. The molecule has 158 valence electrons. The van der Waals surface area contributed by atoms with E-state index in [9.17, 15) is 9.59 Å². The summed E-state index contributed by atoms with van der Waals surface area (Å²) in [6.45, 7) is 4.49. The van der Waals surface area contributed by atoms with Crippen LogP contribution in [0.15, 0.2) is 59.4 Å². The molecule has 2 aromatic carbocycles. The maximum Gasteiger partial charge on any atom is 0.258 e. The average molecular weight is 435 g/mol. The lowest BCUT2D eigenvalue weighted by molar-refractivity contribution is 0.0941. The summed E-state index contributed by atoms with van der Waals surface area (Å²) in [6, 6.07) is 16.7. The van der Waals surface area contributed by atoms with Gasteiger partial charge in [-0.05, 0) is 63.4 Å². The average Bonchev–Trinajstić information content (AvgIpc) is 3.03. The Kier molecular flexibility index (Phi) is 5.76. The molecule has 0 unspecified atom stereocenters. The van der Waals surface area contributed by atoms with Crippen molar-refractivity contribution in [3.05, 3.63) is 92.7 Å². The van der Waals surface area contributed by atoms with Crippen molar-refractivity contribution in [1.82, 2.24) is 19.4 Å². The zero-order chi connectivity index (χ0) is 22.1. The topological polar surface area (TPSA) is 71.0 Å². The van der Waals surface area contributed by atoms with E-state index in [4.69, 9.17) is 11.6 Å². The van der Waals surface area contributed by atoms with Crippen molar-refractivity contribution in [1.29, 1.82) is 0 Å². The molecule has 0 spiro atoms. The second-order valence-electron chi connectivity index (χ2n) is 7.72. The number of ketones is 1. The zero-order valence-electron chi connectivity index (χ0n) is 17.6. The Labute approximate surface area is 185 Å². The summed E-state index contributed by atoms with van der Waals surface area (Å²) >= 11 is 6.00. The number of Topliss-reactive ketones (excluding diaryl/α,β-unsaturated/α-hetero) is 1. The van der Waals surface area contributed by atoms with Crippen molar-refractivity contribution in [2.24, 2.45) is 0 Å². The summed E-state index contributed by atoms with van der Waals surface area (Å²) < 4.78 is 2.05. The molecule has 0 aliphatic heterocycles. The molecule has 0 aliphatic carbocycles. The first-order valence-electron chi connectivity index (χ1n) is 9.98. The molecule has 0 saturated heterocycles. The van der Waals surface area contributed by atoms with Gasteiger partial charge in [-0.3, -0.25) is 14.5 Å². The summed E-state index contributed by atoms with van der Waals surface area (Å²) in [6.07, 6.45) is 0. The number of aryl methyl sites for hydroxylation is 1.